The van der Waals surface area contributed by atoms with Gasteiger partial charge in [-0.1, -0.05) is 207 Å². The van der Waals surface area contributed by atoms with E-state index in [9.17, 15) is 40.3 Å². The summed E-state index contributed by atoms with van der Waals surface area (Å²) in [6.07, 6.45) is -3.16. The number of alkyl halides is 6. The summed E-state index contributed by atoms with van der Waals surface area (Å²) in [5, 5.41) is 13.0. The molecule has 4 nitrogen and oxygen atoms in total. The van der Waals surface area contributed by atoms with Crippen LogP contribution in [0, 0.1) is 49.4 Å². The van der Waals surface area contributed by atoms with Gasteiger partial charge in [0.15, 0.2) is 14.3 Å². The van der Waals surface area contributed by atoms with Crippen molar-refractivity contribution in [2.45, 2.75) is 25.7 Å². The maximum Gasteiger partial charge on any atom is 0.454 e. The number of halogens is 6. The van der Waals surface area contributed by atoms with Crippen LogP contribution < -0.4 is 26.5 Å². The monoisotopic (exact) mass is 1020 g/mol. The number of hydrogen-bond acceptors (Lipinski definition) is 4. The average molecular weight is 1020 g/mol. The summed E-state index contributed by atoms with van der Waals surface area (Å²) >= 11 is 0. The molecule has 0 atom stereocenters. The maximum atomic E-state index is 14.6. The Balaban J connectivity index is 0.000000260. The fourth-order valence-electron chi connectivity index (χ4n) is 5.99. The van der Waals surface area contributed by atoms with E-state index in [1.165, 1.54) is 0 Å². The summed E-state index contributed by atoms with van der Waals surface area (Å²) in [7, 11) is -5.84. The molecule has 0 saturated carbocycles. The molecule has 0 fully saturated rings. The molecular formula is C49H42EuF6O4P2. The van der Waals surface area contributed by atoms with Gasteiger partial charge in [0.25, 0.3) is 5.78 Å². The topological polar surface area (TPSA) is 71.4 Å². The van der Waals surface area contributed by atoms with Crippen molar-refractivity contribution in [1.82, 2.24) is 0 Å². The van der Waals surface area contributed by atoms with Crippen molar-refractivity contribution in [1.29, 1.82) is 0 Å². The van der Waals surface area contributed by atoms with E-state index in [-0.39, 0.29) is 49.4 Å². The number of aliphatic hydroxyl groups excluding tert-OH is 1. The van der Waals surface area contributed by atoms with Crippen molar-refractivity contribution >= 4 is 46.6 Å². The van der Waals surface area contributed by atoms with Crippen LogP contribution >= 0.6 is 14.3 Å². The van der Waals surface area contributed by atoms with Gasteiger partial charge >= 0.3 is 12.4 Å². The van der Waals surface area contributed by atoms with Crippen molar-refractivity contribution in [3.05, 3.63) is 224 Å². The van der Waals surface area contributed by atoms with Crippen LogP contribution in [-0.4, -0.2) is 23.2 Å². The molecule has 0 unspecified atom stereocenters. The van der Waals surface area contributed by atoms with Crippen LogP contribution in [-0.2, 0) is 13.9 Å². The number of hydrogen-bond donors (Lipinski definition) is 1. The van der Waals surface area contributed by atoms with E-state index in [1.807, 2.05) is 183 Å². The van der Waals surface area contributed by atoms with E-state index in [1.54, 1.807) is 6.08 Å². The molecule has 6 aromatic rings. The van der Waals surface area contributed by atoms with Gasteiger partial charge < -0.3 is 14.2 Å². The molecule has 0 saturated heterocycles. The molecule has 13 heteroatoms. The third kappa shape index (κ3) is 13.7. The van der Waals surface area contributed by atoms with Crippen molar-refractivity contribution in [3.8, 4) is 11.1 Å². The number of aliphatic hydroxyl groups is 1. The van der Waals surface area contributed by atoms with E-state index in [2.05, 4.69) is 24.8 Å². The molecule has 1 N–H and O–H groups in total. The van der Waals surface area contributed by atoms with E-state index in [4.69, 9.17) is 5.11 Å². The van der Waals surface area contributed by atoms with Crippen LogP contribution in [0.2, 0.25) is 0 Å². The molecule has 0 aliphatic carbocycles. The molecule has 62 heavy (non-hydrogen) atoms. The van der Waals surface area contributed by atoms with Gasteiger partial charge in [-0.05, 0) is 24.5 Å². The Morgan fingerprint density at radius 2 is 0.984 bits per heavy atom. The van der Waals surface area contributed by atoms with Crippen LogP contribution in [0.4, 0.5) is 26.3 Å². The van der Waals surface area contributed by atoms with Crippen molar-refractivity contribution in [2.75, 3.05) is 0 Å². The minimum absolute atomic E-state index is 0. The number of carbonyl (C=O) groups is 1. The zero-order chi connectivity index (χ0) is 44.5. The first-order valence-corrected chi connectivity index (χ1v) is 22.1. The number of ketones is 1. The first kappa shape index (κ1) is 51.7. The number of allylic oxidation sites excluding steroid dienone is 7. The summed E-state index contributed by atoms with van der Waals surface area (Å²) in [6.45, 7) is 5.87. The molecule has 0 aliphatic heterocycles. The van der Waals surface area contributed by atoms with E-state index in [0.717, 1.165) is 49.4 Å². The summed E-state index contributed by atoms with van der Waals surface area (Å²) in [5.74, 6) is -5.34. The molecular weight excluding hydrogens is 980 g/mol. The smallest absolute Gasteiger partial charge is 0.454 e. The molecule has 0 spiro atoms. The van der Waals surface area contributed by atoms with Gasteiger partial charge in [0.05, 0.1) is 0 Å². The van der Waals surface area contributed by atoms with E-state index >= 15 is 0 Å². The van der Waals surface area contributed by atoms with Gasteiger partial charge in [-0.15, -0.1) is 0 Å². The number of benzene rings is 6. The first-order chi connectivity index (χ1) is 29.1. The van der Waals surface area contributed by atoms with Gasteiger partial charge in [-0.25, -0.2) is 0 Å². The van der Waals surface area contributed by atoms with Gasteiger partial charge in [0.2, 0.25) is 5.76 Å². The van der Waals surface area contributed by atoms with Crippen LogP contribution in [0.3, 0.4) is 0 Å². The standard InChI is InChI=1S/C24H19OP.C20H21OP.C5H2F6O2.Eu/c25-26(21-14-6-2-7-15-21,22-16-8-3-9-17-22)24-19-11-10-18-23(24)20-12-4-1-5-13-20;1-3-5-8-13-18(4-2)22(21,19-14-9-6-10-15-19)20-16-11-7-12-17-20;6-4(7,8)2(12)1-3(13)5(9,10)11;/h1-19H;3-7,9-17H,2,8H2,1H3;1,12H;/b;5-3-,18-13-;2-1-;. The largest absolute Gasteiger partial charge is 0.504 e. The Labute approximate surface area is 398 Å². The second-order valence-electron chi connectivity index (χ2n) is 13.0. The van der Waals surface area contributed by atoms with Crippen LogP contribution in [0.5, 0.6) is 0 Å². The Morgan fingerprint density at radius 3 is 1.37 bits per heavy atom. The predicted octanol–water partition coefficient (Wildman–Crippen LogP) is 12.2. The minimum atomic E-state index is -5.42. The van der Waals surface area contributed by atoms with Gasteiger partial charge in [-0.3, -0.25) is 4.79 Å². The first-order valence-electron chi connectivity index (χ1n) is 18.7. The Bertz CT molecular complexity index is 2440. The quantitative estimate of drug-likeness (QED) is 0.0351. The van der Waals surface area contributed by atoms with Crippen LogP contribution in [0.1, 0.15) is 13.3 Å². The second-order valence-corrected chi connectivity index (χ2v) is 18.5. The van der Waals surface area contributed by atoms with Crippen molar-refractivity contribution < 1.29 is 94.8 Å². The second kappa shape index (κ2) is 24.3. The zero-order valence-electron chi connectivity index (χ0n) is 33.3. The molecule has 6 aromatic carbocycles. The summed E-state index contributed by atoms with van der Waals surface area (Å²) in [6, 6.07) is 57.1. The van der Waals surface area contributed by atoms with E-state index < -0.39 is 44.3 Å². The summed E-state index contributed by atoms with van der Waals surface area (Å²) < 4.78 is 96.6. The fraction of sp³-hybridized carbons (Fsp3) is 0.0816. The Kier molecular flexibility index (Phi) is 20.3. The minimum Gasteiger partial charge on any atom is -0.504 e. The summed E-state index contributed by atoms with van der Waals surface area (Å²) in [5.41, 5.74) is 2.10. The maximum absolute atomic E-state index is 14.6. The van der Waals surface area contributed by atoms with Gasteiger partial charge in [0.1, 0.15) is 0 Å². The molecule has 6 rings (SSSR count). The Hall–Kier alpha value is -4.63. The van der Waals surface area contributed by atoms with Crippen molar-refractivity contribution in [2.24, 2.45) is 0 Å². The third-order valence-electron chi connectivity index (χ3n) is 8.92. The van der Waals surface area contributed by atoms with E-state index in [0.29, 0.717) is 0 Å². The molecule has 321 valence electrons. The normalized spacial score (nSPS) is 12.2. The predicted molar refractivity (Wildman–Crippen MR) is 237 cm³/mol. The van der Waals surface area contributed by atoms with Gasteiger partial charge in [0, 0.05) is 87.3 Å². The molecule has 0 amide bonds. The number of rotatable bonds is 11. The zero-order valence-corrected chi connectivity index (χ0v) is 37.5. The Morgan fingerprint density at radius 1 is 0.597 bits per heavy atom. The average Bonchev–Trinajstić information content (AvgIpc) is 3.28. The molecule has 1 radical (unpaired) electrons. The summed E-state index contributed by atoms with van der Waals surface area (Å²) in [4.78, 5) is 9.86. The molecule has 0 aliphatic rings. The van der Waals surface area contributed by atoms with Crippen molar-refractivity contribution in [3.63, 3.8) is 0 Å². The molecule has 0 bridgehead atoms. The fourth-order valence-corrected chi connectivity index (χ4v) is 11.6. The third-order valence-corrected chi connectivity index (χ3v) is 15.2. The van der Waals surface area contributed by atoms with Gasteiger partial charge in [-0.2, -0.15) is 26.3 Å². The number of carbonyl (C=O) groups excluding carboxylic acids is 1. The SMILES string of the molecule is C=C/C(=C/C/C=C\C)P(=O)(c1ccccc1)c1ccccc1.O=C(/C=C(\O)C(F)(F)F)C(F)(F)F.O=P(c1ccccc1)(c1ccccc1)c1ccccc1-c1ccccc1.[Eu]. The van der Waals surface area contributed by atoms with Crippen LogP contribution in [0.25, 0.3) is 11.1 Å². The molecule has 0 aromatic heterocycles. The molecule has 0 heterocycles. The van der Waals surface area contributed by atoms with Crippen LogP contribution in [0.15, 0.2) is 224 Å².